The fraction of sp³-hybridized carbons (Fsp3) is 0.250. The number of para-hydroxylation sites is 1. The van der Waals surface area contributed by atoms with Gasteiger partial charge in [0.25, 0.3) is 0 Å². The largest absolute Gasteiger partial charge is 0.358 e. The number of hydrogen-bond acceptors (Lipinski definition) is 5. The van der Waals surface area contributed by atoms with Crippen LogP contribution in [0.4, 0.5) is 5.82 Å². The summed E-state index contributed by atoms with van der Waals surface area (Å²) in [6.45, 7) is 1.54. The third-order valence-corrected chi connectivity index (χ3v) is 5.71. The Labute approximate surface area is 180 Å². The molecule has 0 saturated carbocycles. The Morgan fingerprint density at radius 2 is 1.77 bits per heavy atom. The van der Waals surface area contributed by atoms with Crippen LogP contribution in [-0.2, 0) is 11.2 Å². The van der Waals surface area contributed by atoms with E-state index in [4.69, 9.17) is 0 Å². The highest BCUT2D eigenvalue weighted by atomic mass is 16.2. The summed E-state index contributed by atoms with van der Waals surface area (Å²) in [7, 11) is 0. The van der Waals surface area contributed by atoms with E-state index < -0.39 is 0 Å². The molecular weight excluding hydrogens is 388 g/mol. The number of aryl methyl sites for hydroxylation is 1. The monoisotopic (exact) mass is 412 g/mol. The first kappa shape index (κ1) is 19.2. The van der Waals surface area contributed by atoms with Crippen molar-refractivity contribution >= 4 is 22.8 Å². The lowest BCUT2D eigenvalue weighted by molar-refractivity contribution is -0.128. The number of amides is 1. The number of nitrogens with one attached hydrogen (secondary N) is 1. The van der Waals surface area contributed by atoms with Crippen LogP contribution in [0.15, 0.2) is 73.2 Å². The minimum atomic E-state index is -0.269. The van der Waals surface area contributed by atoms with Gasteiger partial charge in [0.1, 0.15) is 18.2 Å². The van der Waals surface area contributed by atoms with Gasteiger partial charge in [-0.1, -0.05) is 48.5 Å². The molecule has 1 N–H and O–H groups in total. The van der Waals surface area contributed by atoms with Gasteiger partial charge in [-0.25, -0.2) is 14.6 Å². The van der Waals surface area contributed by atoms with Gasteiger partial charge in [0.2, 0.25) is 5.91 Å². The maximum absolute atomic E-state index is 12.9. The van der Waals surface area contributed by atoms with Gasteiger partial charge in [0.05, 0.1) is 17.3 Å². The molecule has 1 amide bonds. The Bertz CT molecular complexity index is 1170. The summed E-state index contributed by atoms with van der Waals surface area (Å²) in [5, 5.41) is 8.63. The normalized spacial score (nSPS) is 16.2. The van der Waals surface area contributed by atoms with Crippen LogP contribution in [0.1, 0.15) is 18.4 Å². The van der Waals surface area contributed by atoms with Gasteiger partial charge in [-0.3, -0.25) is 4.79 Å². The number of fused-ring (bicyclic) bond motifs is 1. The maximum Gasteiger partial charge on any atom is 0.245 e. The molecule has 1 atom stereocenters. The van der Waals surface area contributed by atoms with Crippen molar-refractivity contribution in [3.05, 3.63) is 78.8 Å². The smallest absolute Gasteiger partial charge is 0.245 e. The second-order valence-electron chi connectivity index (χ2n) is 7.75. The molecule has 7 nitrogen and oxygen atoms in total. The van der Waals surface area contributed by atoms with Crippen molar-refractivity contribution < 1.29 is 4.79 Å². The summed E-state index contributed by atoms with van der Waals surface area (Å²) in [5.41, 5.74) is 2.96. The molecule has 1 unspecified atom stereocenters. The predicted octanol–water partition coefficient (Wildman–Crippen LogP) is 3.46. The molecule has 2 aromatic carbocycles. The quantitative estimate of drug-likeness (QED) is 0.503. The fourth-order valence-corrected chi connectivity index (χ4v) is 4.10. The Kier molecular flexibility index (Phi) is 5.31. The van der Waals surface area contributed by atoms with Gasteiger partial charge in [0, 0.05) is 13.1 Å². The van der Waals surface area contributed by atoms with Crippen molar-refractivity contribution in [1.29, 1.82) is 0 Å². The van der Waals surface area contributed by atoms with Crippen LogP contribution in [0.25, 0.3) is 16.7 Å². The van der Waals surface area contributed by atoms with Gasteiger partial charge in [-0.2, -0.15) is 5.10 Å². The standard InChI is InChI=1S/C24H24N6O/c31-24-21(13-15-29(24)14-7-10-18-8-3-1-4-9-18)28-22-20-16-27-30(23(20)26-17-25-22)19-11-5-2-6-12-19/h1-6,8-9,11-12,16-17,21H,7,10,13-15H2,(H,25,26,28). The molecule has 0 spiro atoms. The molecule has 3 heterocycles. The number of benzene rings is 2. The minimum Gasteiger partial charge on any atom is -0.358 e. The van der Waals surface area contributed by atoms with E-state index in [0.29, 0.717) is 11.5 Å². The third-order valence-electron chi connectivity index (χ3n) is 5.71. The Morgan fingerprint density at radius 3 is 2.58 bits per heavy atom. The summed E-state index contributed by atoms with van der Waals surface area (Å²) in [6, 6.07) is 20.0. The zero-order valence-corrected chi connectivity index (χ0v) is 17.2. The highest BCUT2D eigenvalue weighted by molar-refractivity contribution is 5.92. The number of carbonyl (C=O) groups is 1. The second kappa shape index (κ2) is 8.55. The van der Waals surface area contributed by atoms with Crippen LogP contribution >= 0.6 is 0 Å². The number of nitrogens with zero attached hydrogens (tertiary/aromatic N) is 5. The van der Waals surface area contributed by atoms with Crippen molar-refractivity contribution in [3.8, 4) is 5.69 Å². The van der Waals surface area contributed by atoms with Gasteiger partial charge in [-0.05, 0) is 37.0 Å². The second-order valence-corrected chi connectivity index (χ2v) is 7.75. The van der Waals surface area contributed by atoms with Crippen molar-refractivity contribution in [2.24, 2.45) is 0 Å². The van der Waals surface area contributed by atoms with Gasteiger partial charge >= 0.3 is 0 Å². The van der Waals surface area contributed by atoms with E-state index in [0.717, 1.165) is 43.4 Å². The van der Waals surface area contributed by atoms with Crippen LogP contribution in [0.3, 0.4) is 0 Å². The molecule has 0 bridgehead atoms. The molecule has 5 rings (SSSR count). The number of rotatable bonds is 7. The zero-order chi connectivity index (χ0) is 21.0. The molecule has 1 fully saturated rings. The van der Waals surface area contributed by atoms with E-state index in [2.05, 4.69) is 44.6 Å². The summed E-state index contributed by atoms with van der Waals surface area (Å²) in [5.74, 6) is 0.784. The lowest BCUT2D eigenvalue weighted by Gasteiger charge is -2.17. The lowest BCUT2D eigenvalue weighted by atomic mass is 10.1. The molecule has 7 heteroatoms. The fourth-order valence-electron chi connectivity index (χ4n) is 4.10. The van der Waals surface area contributed by atoms with Crippen molar-refractivity contribution in [2.45, 2.75) is 25.3 Å². The number of aromatic nitrogens is 4. The lowest BCUT2D eigenvalue weighted by Crippen LogP contribution is -2.34. The average Bonchev–Trinajstić information content (AvgIpc) is 3.40. The molecule has 0 radical (unpaired) electrons. The van der Waals surface area contributed by atoms with E-state index >= 15 is 0 Å². The number of hydrogen-bond donors (Lipinski definition) is 1. The molecular formula is C24H24N6O. The summed E-state index contributed by atoms with van der Waals surface area (Å²) in [4.78, 5) is 23.7. The predicted molar refractivity (Wildman–Crippen MR) is 120 cm³/mol. The van der Waals surface area contributed by atoms with E-state index in [1.807, 2.05) is 41.3 Å². The van der Waals surface area contributed by atoms with Crippen molar-refractivity contribution in [3.63, 3.8) is 0 Å². The van der Waals surface area contributed by atoms with Gasteiger partial charge in [-0.15, -0.1) is 0 Å². The van der Waals surface area contributed by atoms with Crippen LogP contribution in [0.5, 0.6) is 0 Å². The highest BCUT2D eigenvalue weighted by Gasteiger charge is 2.31. The maximum atomic E-state index is 12.9. The SMILES string of the molecule is O=C1C(Nc2ncnc3c2cnn3-c2ccccc2)CCN1CCCc1ccccc1. The van der Waals surface area contributed by atoms with Crippen LogP contribution in [0, 0.1) is 0 Å². The average molecular weight is 412 g/mol. The van der Waals surface area contributed by atoms with E-state index in [1.165, 1.54) is 11.9 Å². The number of carbonyl (C=O) groups excluding carboxylic acids is 1. The molecule has 1 aliphatic rings. The van der Waals surface area contributed by atoms with Crippen LogP contribution in [0.2, 0.25) is 0 Å². The van der Waals surface area contributed by atoms with Crippen molar-refractivity contribution in [1.82, 2.24) is 24.6 Å². The van der Waals surface area contributed by atoms with E-state index in [-0.39, 0.29) is 11.9 Å². The highest BCUT2D eigenvalue weighted by Crippen LogP contribution is 2.24. The van der Waals surface area contributed by atoms with E-state index in [9.17, 15) is 4.79 Å². The van der Waals surface area contributed by atoms with Gasteiger partial charge in [0.15, 0.2) is 5.65 Å². The number of likely N-dealkylation sites (tertiary alicyclic amines) is 1. The molecule has 1 saturated heterocycles. The Hall–Kier alpha value is -3.74. The third kappa shape index (κ3) is 3.99. The van der Waals surface area contributed by atoms with Crippen molar-refractivity contribution in [2.75, 3.05) is 18.4 Å². The molecule has 2 aromatic heterocycles. The first-order valence-corrected chi connectivity index (χ1v) is 10.6. The van der Waals surface area contributed by atoms with Crippen LogP contribution < -0.4 is 5.32 Å². The summed E-state index contributed by atoms with van der Waals surface area (Å²) < 4.78 is 1.79. The first-order valence-electron chi connectivity index (χ1n) is 10.6. The number of anilines is 1. The molecule has 31 heavy (non-hydrogen) atoms. The van der Waals surface area contributed by atoms with Crippen LogP contribution in [-0.4, -0.2) is 49.7 Å². The zero-order valence-electron chi connectivity index (χ0n) is 17.2. The van der Waals surface area contributed by atoms with E-state index in [1.54, 1.807) is 10.9 Å². The molecule has 0 aliphatic carbocycles. The Morgan fingerprint density at radius 1 is 1.00 bits per heavy atom. The first-order chi connectivity index (χ1) is 15.3. The summed E-state index contributed by atoms with van der Waals surface area (Å²) in [6.07, 6.45) is 5.98. The summed E-state index contributed by atoms with van der Waals surface area (Å²) >= 11 is 0. The Balaban J connectivity index is 1.26. The topological polar surface area (TPSA) is 75.9 Å². The molecule has 156 valence electrons. The molecule has 4 aromatic rings. The molecule has 1 aliphatic heterocycles. The van der Waals surface area contributed by atoms with Gasteiger partial charge < -0.3 is 10.2 Å². The minimum absolute atomic E-state index is 0.135.